The standard InChI is InChI=1S/C12H12N2O2S2/c15-11(13-8-10-4-3-7-17-10)9-18-12-5-1-2-6-14(12)16/h1-7H,8-9H2,(H,13,15). The molecule has 2 aromatic heterocycles. The van der Waals surface area contributed by atoms with E-state index in [4.69, 9.17) is 0 Å². The Kier molecular flexibility index (Phi) is 4.60. The first-order chi connectivity index (χ1) is 8.75. The van der Waals surface area contributed by atoms with Crippen molar-refractivity contribution in [1.82, 2.24) is 5.32 Å². The van der Waals surface area contributed by atoms with E-state index in [1.165, 1.54) is 18.0 Å². The summed E-state index contributed by atoms with van der Waals surface area (Å²) in [6.07, 6.45) is 1.42. The van der Waals surface area contributed by atoms with Crippen LogP contribution in [0.25, 0.3) is 0 Å². The molecule has 0 aliphatic heterocycles. The van der Waals surface area contributed by atoms with Crippen LogP contribution >= 0.6 is 23.1 Å². The number of nitrogens with zero attached hydrogens (tertiary/aromatic N) is 1. The number of rotatable bonds is 5. The third-order valence-electron chi connectivity index (χ3n) is 2.18. The second-order valence-electron chi connectivity index (χ2n) is 3.51. The van der Waals surface area contributed by atoms with Crippen LogP contribution in [0.5, 0.6) is 0 Å². The van der Waals surface area contributed by atoms with Crippen LogP contribution in [0.3, 0.4) is 0 Å². The highest BCUT2D eigenvalue weighted by molar-refractivity contribution is 7.99. The van der Waals surface area contributed by atoms with E-state index in [2.05, 4.69) is 5.32 Å². The second-order valence-corrected chi connectivity index (χ2v) is 5.54. The Hall–Kier alpha value is -1.53. The summed E-state index contributed by atoms with van der Waals surface area (Å²) >= 11 is 2.84. The number of hydrogen-bond acceptors (Lipinski definition) is 4. The first kappa shape index (κ1) is 12.9. The van der Waals surface area contributed by atoms with Gasteiger partial charge in [0.05, 0.1) is 12.3 Å². The molecule has 0 atom stereocenters. The highest BCUT2D eigenvalue weighted by atomic mass is 32.2. The predicted molar refractivity (Wildman–Crippen MR) is 72.3 cm³/mol. The summed E-state index contributed by atoms with van der Waals surface area (Å²) in [4.78, 5) is 12.7. The second kappa shape index (κ2) is 6.42. The summed E-state index contributed by atoms with van der Waals surface area (Å²) in [5.74, 6) is 0.176. The fraction of sp³-hybridized carbons (Fsp3) is 0.167. The van der Waals surface area contributed by atoms with E-state index in [-0.39, 0.29) is 11.7 Å². The molecule has 0 unspecified atom stereocenters. The molecule has 4 nitrogen and oxygen atoms in total. The van der Waals surface area contributed by atoms with Crippen LogP contribution in [0.2, 0.25) is 0 Å². The minimum Gasteiger partial charge on any atom is -0.618 e. The SMILES string of the molecule is O=C(CSc1cccc[n+]1[O-])NCc1cccs1. The lowest BCUT2D eigenvalue weighted by Gasteiger charge is -2.04. The van der Waals surface area contributed by atoms with Crippen molar-refractivity contribution in [1.29, 1.82) is 0 Å². The highest BCUT2D eigenvalue weighted by Crippen LogP contribution is 2.12. The van der Waals surface area contributed by atoms with Gasteiger partial charge in [0.25, 0.3) is 5.03 Å². The lowest BCUT2D eigenvalue weighted by molar-refractivity contribution is -0.645. The molecule has 1 N–H and O–H groups in total. The van der Waals surface area contributed by atoms with Crippen molar-refractivity contribution in [2.45, 2.75) is 11.6 Å². The van der Waals surface area contributed by atoms with Crippen LogP contribution in [0.15, 0.2) is 46.9 Å². The first-order valence-corrected chi connectivity index (χ1v) is 7.22. The summed E-state index contributed by atoms with van der Waals surface area (Å²) in [6, 6.07) is 9.06. The fourth-order valence-electron chi connectivity index (χ4n) is 1.31. The quantitative estimate of drug-likeness (QED) is 0.516. The monoisotopic (exact) mass is 280 g/mol. The summed E-state index contributed by atoms with van der Waals surface area (Å²) < 4.78 is 0.761. The molecule has 0 aliphatic rings. The number of nitrogens with one attached hydrogen (secondary N) is 1. The zero-order valence-corrected chi connectivity index (χ0v) is 11.2. The van der Waals surface area contributed by atoms with E-state index < -0.39 is 0 Å². The van der Waals surface area contributed by atoms with Gasteiger partial charge in [-0.1, -0.05) is 6.07 Å². The maximum absolute atomic E-state index is 11.6. The van der Waals surface area contributed by atoms with Gasteiger partial charge in [-0.2, -0.15) is 4.73 Å². The molecule has 1 amide bonds. The molecular weight excluding hydrogens is 268 g/mol. The Labute approximate surface area is 113 Å². The van der Waals surface area contributed by atoms with Gasteiger partial charge >= 0.3 is 0 Å². The van der Waals surface area contributed by atoms with Crippen molar-refractivity contribution in [2.75, 3.05) is 5.75 Å². The number of thiophene rings is 1. The van der Waals surface area contributed by atoms with E-state index >= 15 is 0 Å². The molecular formula is C12H12N2O2S2. The average Bonchev–Trinajstić information content (AvgIpc) is 2.88. The highest BCUT2D eigenvalue weighted by Gasteiger charge is 2.08. The van der Waals surface area contributed by atoms with Gasteiger partial charge < -0.3 is 10.5 Å². The molecule has 0 radical (unpaired) electrons. The van der Waals surface area contributed by atoms with Gasteiger partial charge in [-0.15, -0.1) is 11.3 Å². The summed E-state index contributed by atoms with van der Waals surface area (Å²) in [7, 11) is 0. The molecule has 0 bridgehead atoms. The summed E-state index contributed by atoms with van der Waals surface area (Å²) in [6.45, 7) is 0.545. The maximum atomic E-state index is 11.6. The van der Waals surface area contributed by atoms with Crippen LogP contribution in [-0.2, 0) is 11.3 Å². The van der Waals surface area contributed by atoms with Crippen LogP contribution in [0.4, 0.5) is 0 Å². The maximum Gasteiger partial charge on any atom is 0.251 e. The van der Waals surface area contributed by atoms with Crippen LogP contribution in [0, 0.1) is 5.21 Å². The summed E-state index contributed by atoms with van der Waals surface area (Å²) in [5, 5.41) is 16.7. The largest absolute Gasteiger partial charge is 0.618 e. The molecule has 94 valence electrons. The molecule has 0 aliphatic carbocycles. The number of carbonyl (C=O) groups excluding carboxylic acids is 1. The van der Waals surface area contributed by atoms with Gasteiger partial charge in [-0.25, -0.2) is 0 Å². The van der Waals surface area contributed by atoms with E-state index in [9.17, 15) is 10.0 Å². The number of thioether (sulfide) groups is 1. The molecule has 0 aromatic carbocycles. The average molecular weight is 280 g/mol. The Morgan fingerprint density at radius 2 is 2.28 bits per heavy atom. The van der Waals surface area contributed by atoms with E-state index in [0.29, 0.717) is 11.6 Å². The van der Waals surface area contributed by atoms with Crippen molar-refractivity contribution in [2.24, 2.45) is 0 Å². The number of amides is 1. The van der Waals surface area contributed by atoms with Crippen molar-refractivity contribution >= 4 is 29.0 Å². The van der Waals surface area contributed by atoms with Crippen LogP contribution in [0.1, 0.15) is 4.88 Å². The molecule has 0 saturated heterocycles. The van der Waals surface area contributed by atoms with Crippen molar-refractivity contribution in [3.63, 3.8) is 0 Å². The normalized spacial score (nSPS) is 10.2. The number of carbonyl (C=O) groups is 1. The zero-order valence-electron chi connectivity index (χ0n) is 9.54. The molecule has 0 spiro atoms. The summed E-state index contributed by atoms with van der Waals surface area (Å²) in [5.41, 5.74) is 0. The molecule has 2 aromatic rings. The number of hydrogen-bond donors (Lipinski definition) is 1. The lowest BCUT2D eigenvalue weighted by atomic mass is 10.4. The van der Waals surface area contributed by atoms with Gasteiger partial charge in [0.2, 0.25) is 5.91 Å². The van der Waals surface area contributed by atoms with E-state index in [1.807, 2.05) is 17.5 Å². The lowest BCUT2D eigenvalue weighted by Crippen LogP contribution is -2.29. The Morgan fingerprint density at radius 3 is 3.00 bits per heavy atom. The van der Waals surface area contributed by atoms with Crippen molar-refractivity contribution in [3.05, 3.63) is 52.0 Å². The molecule has 0 fully saturated rings. The third-order valence-corrected chi connectivity index (χ3v) is 4.07. The van der Waals surface area contributed by atoms with Gasteiger partial charge in [-0.05, 0) is 29.3 Å². The van der Waals surface area contributed by atoms with Crippen molar-refractivity contribution in [3.8, 4) is 0 Å². The van der Waals surface area contributed by atoms with Gasteiger partial charge in [0, 0.05) is 17.0 Å². The molecule has 2 heterocycles. The minimum atomic E-state index is -0.0720. The molecule has 18 heavy (non-hydrogen) atoms. The number of aromatic nitrogens is 1. The van der Waals surface area contributed by atoms with E-state index in [1.54, 1.807) is 29.5 Å². The smallest absolute Gasteiger partial charge is 0.251 e. The first-order valence-electron chi connectivity index (χ1n) is 5.36. The zero-order chi connectivity index (χ0) is 12.8. The molecule has 0 saturated carbocycles. The van der Waals surface area contributed by atoms with Gasteiger partial charge in [-0.3, -0.25) is 4.79 Å². The third kappa shape index (κ3) is 3.75. The van der Waals surface area contributed by atoms with Crippen LogP contribution in [-0.4, -0.2) is 11.7 Å². The Balaban J connectivity index is 1.77. The number of pyridine rings is 1. The Bertz CT molecular complexity index is 515. The van der Waals surface area contributed by atoms with Crippen molar-refractivity contribution < 1.29 is 9.52 Å². The van der Waals surface area contributed by atoms with E-state index in [0.717, 1.165) is 9.61 Å². The molecule has 2 rings (SSSR count). The Morgan fingerprint density at radius 1 is 1.39 bits per heavy atom. The van der Waals surface area contributed by atoms with Crippen LogP contribution < -0.4 is 10.0 Å². The molecule has 6 heteroatoms. The minimum absolute atomic E-state index is 0.0720. The topological polar surface area (TPSA) is 56.0 Å². The van der Waals surface area contributed by atoms with Gasteiger partial charge in [0.15, 0.2) is 6.20 Å². The predicted octanol–water partition coefficient (Wildman–Crippen LogP) is 1.79. The fourth-order valence-corrected chi connectivity index (χ4v) is 2.70. The van der Waals surface area contributed by atoms with Gasteiger partial charge in [0.1, 0.15) is 0 Å².